The van der Waals surface area contributed by atoms with Crippen molar-refractivity contribution >= 4 is 97.0 Å². The highest BCUT2D eigenvalue weighted by atomic mass is 35.5. The van der Waals surface area contributed by atoms with Crippen LogP contribution in [0.25, 0.3) is 44.1 Å². The number of hydrogen-bond acceptors (Lipinski definition) is 16. The monoisotopic (exact) mass is 1120 g/mol. The Balaban J connectivity index is 0.000000151. The van der Waals surface area contributed by atoms with Crippen molar-refractivity contribution in [2.45, 2.75) is 116 Å². The van der Waals surface area contributed by atoms with Gasteiger partial charge in [-0.3, -0.25) is 18.7 Å². The van der Waals surface area contributed by atoms with Crippen molar-refractivity contribution < 1.29 is 19.1 Å². The number of anilines is 5. The number of nitrogens with two attached hydrogens (primary N) is 1. The Kier molecular flexibility index (Phi) is 16.1. The average Bonchev–Trinajstić information content (AvgIpc) is 4.35. The van der Waals surface area contributed by atoms with Gasteiger partial charge in [-0.15, -0.1) is 0 Å². The minimum atomic E-state index is -0.499. The number of aromatic nitrogens is 10. The second kappa shape index (κ2) is 23.2. The van der Waals surface area contributed by atoms with Crippen molar-refractivity contribution in [2.75, 3.05) is 73.2 Å². The number of nitrogens with zero attached hydrogens (tertiary/aromatic N) is 14. The van der Waals surface area contributed by atoms with Crippen LogP contribution in [-0.2, 0) is 23.6 Å². The van der Waals surface area contributed by atoms with Gasteiger partial charge in [0.2, 0.25) is 11.9 Å². The van der Waals surface area contributed by atoms with Gasteiger partial charge in [-0.25, -0.2) is 29.5 Å². The Hall–Kier alpha value is -8.01. The van der Waals surface area contributed by atoms with Gasteiger partial charge >= 0.3 is 12.2 Å². The van der Waals surface area contributed by atoms with Gasteiger partial charge in [-0.1, -0.05) is 37.3 Å². The standard InChI is InChI=1S/C29H36N8O3.C15H17N5O.C14H20ClN3O2/c1-29(2,3)40-28(39)36-15-13-35(14-16-36)20-9-11-23(30-17-20)32-27-31-18-22-21-10-12-24(38)34(4)26(21)37(25(22)33-27)19-7-5-6-8-19;1-19-12(21)7-6-10-11-8-17-15(16)18-13(11)20(14(10)19)9-4-2-3-5-9;1-14(2,3)20-13(19)18-8-6-17(7-9-18)11-4-5-12(15)16-10-11/h9-12,17-19H,5-8,13-16H2,1-4H3,(H,30,31,32,33);6-9H,2-5H2,1H3,(H2,16,17,18);4-5,10H,6-9H2,1-3H3. The third kappa shape index (κ3) is 12.5. The van der Waals surface area contributed by atoms with E-state index < -0.39 is 11.2 Å². The molecule has 4 fully saturated rings. The highest BCUT2D eigenvalue weighted by Crippen LogP contribution is 2.39. The number of rotatable bonds is 6. The molecule has 3 N–H and O–H groups in total. The Morgan fingerprint density at radius 2 is 1.00 bits per heavy atom. The molecule has 0 aromatic carbocycles. The number of piperazine rings is 2. The number of halogens is 1. The van der Waals surface area contributed by atoms with Crippen molar-refractivity contribution in [1.82, 2.24) is 58.0 Å². The van der Waals surface area contributed by atoms with Gasteiger partial charge in [0.15, 0.2) is 0 Å². The predicted molar refractivity (Wildman–Crippen MR) is 317 cm³/mol. The largest absolute Gasteiger partial charge is 0.444 e. The van der Waals surface area contributed by atoms with Crippen LogP contribution in [0, 0.1) is 0 Å². The first-order valence-electron chi connectivity index (χ1n) is 28.0. The molecule has 2 amide bonds. The number of hydrogen-bond donors (Lipinski definition) is 2. The molecule has 0 atom stereocenters. The molecule has 4 aliphatic rings. The molecule has 81 heavy (non-hydrogen) atoms. The maximum Gasteiger partial charge on any atom is 0.410 e. The fourth-order valence-electron chi connectivity index (χ4n) is 11.3. The van der Waals surface area contributed by atoms with E-state index in [0.29, 0.717) is 68.3 Å². The first kappa shape index (κ1) is 56.3. The van der Waals surface area contributed by atoms with Crippen LogP contribution in [0.1, 0.15) is 105 Å². The maximum absolute atomic E-state index is 12.5. The summed E-state index contributed by atoms with van der Waals surface area (Å²) in [5.41, 5.74) is 10.3. The zero-order valence-electron chi connectivity index (χ0n) is 47.6. The molecule has 10 heterocycles. The summed E-state index contributed by atoms with van der Waals surface area (Å²) in [5.74, 6) is 1.38. The van der Waals surface area contributed by atoms with E-state index in [1.54, 1.807) is 49.5 Å². The van der Waals surface area contributed by atoms with Crippen molar-refractivity contribution in [1.29, 1.82) is 0 Å². The van der Waals surface area contributed by atoms with Gasteiger partial charge in [-0.2, -0.15) is 9.97 Å². The van der Waals surface area contributed by atoms with Gasteiger partial charge < -0.3 is 49.3 Å². The lowest BCUT2D eigenvalue weighted by molar-refractivity contribution is 0.0230. The van der Waals surface area contributed by atoms with Crippen LogP contribution < -0.4 is 32.0 Å². The second-order valence-corrected chi connectivity index (χ2v) is 23.6. The molecule has 0 bridgehead atoms. The molecule has 0 radical (unpaired) electrons. The van der Waals surface area contributed by atoms with Crippen molar-refractivity contribution in [3.63, 3.8) is 0 Å². The topological polar surface area (TPSA) is 235 Å². The maximum atomic E-state index is 12.5. The third-order valence-corrected chi connectivity index (χ3v) is 15.5. The number of ether oxygens (including phenoxy) is 2. The predicted octanol–water partition coefficient (Wildman–Crippen LogP) is 9.37. The average molecular weight is 1130 g/mol. The van der Waals surface area contributed by atoms with Gasteiger partial charge in [0, 0.05) is 125 Å². The lowest BCUT2D eigenvalue weighted by Gasteiger charge is -2.36. The minimum absolute atomic E-state index is 0.00881. The number of nitrogens with one attached hydrogen (secondary N) is 1. The Morgan fingerprint density at radius 1 is 0.556 bits per heavy atom. The molecule has 8 aromatic rings. The normalized spacial score (nSPS) is 16.5. The van der Waals surface area contributed by atoms with Gasteiger partial charge in [0.25, 0.3) is 11.1 Å². The molecule has 8 aromatic heterocycles. The van der Waals surface area contributed by atoms with E-state index in [4.69, 9.17) is 31.8 Å². The number of pyridine rings is 4. The molecule has 428 valence electrons. The zero-order valence-corrected chi connectivity index (χ0v) is 48.3. The van der Waals surface area contributed by atoms with Crippen LogP contribution in [-0.4, -0.2) is 134 Å². The van der Waals surface area contributed by atoms with E-state index in [1.165, 1.54) is 25.7 Å². The number of carbonyl (C=O) groups excluding carboxylic acids is 2. The summed E-state index contributed by atoms with van der Waals surface area (Å²) in [6.45, 7) is 16.7. The Labute approximate surface area is 474 Å². The highest BCUT2D eigenvalue weighted by molar-refractivity contribution is 6.29. The summed E-state index contributed by atoms with van der Waals surface area (Å²) in [6, 6.07) is 15.3. The molecule has 2 saturated carbocycles. The quantitative estimate of drug-likeness (QED) is 0.148. The lowest BCUT2D eigenvalue weighted by Crippen LogP contribution is -2.50. The van der Waals surface area contributed by atoms with Crippen LogP contribution in [0.5, 0.6) is 0 Å². The number of carbonyl (C=O) groups is 2. The van der Waals surface area contributed by atoms with E-state index in [0.717, 1.165) is 94.3 Å². The minimum Gasteiger partial charge on any atom is -0.444 e. The molecule has 2 aliphatic carbocycles. The lowest BCUT2D eigenvalue weighted by atomic mass is 10.2. The van der Waals surface area contributed by atoms with Crippen molar-refractivity contribution in [3.8, 4) is 0 Å². The van der Waals surface area contributed by atoms with Crippen molar-refractivity contribution in [3.05, 3.63) is 99.2 Å². The molecule has 12 rings (SSSR count). The molecule has 2 aliphatic heterocycles. The summed E-state index contributed by atoms with van der Waals surface area (Å²) in [6.07, 6.45) is 15.8. The first-order valence-corrected chi connectivity index (χ1v) is 28.4. The second-order valence-electron chi connectivity index (χ2n) is 23.2. The molecule has 22 nitrogen and oxygen atoms in total. The molecular weight excluding hydrogens is 1050 g/mol. The molecule has 2 saturated heterocycles. The number of amides is 2. The molecule has 0 spiro atoms. The Morgan fingerprint density at radius 3 is 1.43 bits per heavy atom. The van der Waals surface area contributed by atoms with Crippen LogP contribution in [0.3, 0.4) is 0 Å². The van der Waals surface area contributed by atoms with E-state index in [1.807, 2.05) is 98.4 Å². The van der Waals surface area contributed by atoms with E-state index >= 15 is 0 Å². The fraction of sp³-hybridized carbons (Fsp3) is 0.483. The number of aryl methyl sites for hydroxylation is 2. The summed E-state index contributed by atoms with van der Waals surface area (Å²) in [7, 11) is 3.64. The van der Waals surface area contributed by atoms with E-state index in [-0.39, 0.29) is 29.3 Å². The number of fused-ring (bicyclic) bond motifs is 6. The highest BCUT2D eigenvalue weighted by Gasteiger charge is 2.30. The van der Waals surface area contributed by atoms with Crippen LogP contribution >= 0.6 is 11.6 Å². The van der Waals surface area contributed by atoms with Gasteiger partial charge in [-0.05, 0) is 104 Å². The van der Waals surface area contributed by atoms with Gasteiger partial charge in [0.1, 0.15) is 44.8 Å². The van der Waals surface area contributed by atoms with Crippen molar-refractivity contribution in [2.24, 2.45) is 14.1 Å². The first-order chi connectivity index (χ1) is 38.7. The summed E-state index contributed by atoms with van der Waals surface area (Å²) < 4.78 is 18.7. The molecular formula is C58H73ClN16O6. The summed E-state index contributed by atoms with van der Waals surface area (Å²) in [4.78, 5) is 83.5. The molecule has 0 unspecified atom stereocenters. The SMILES string of the molecule is CC(C)(C)OC(=O)N1CCN(c2ccc(Cl)nc2)CC1.Cn1c(=O)ccc2c3cnc(N)nc3n(C3CCCC3)c21.Cn1c(=O)ccc2c3cnc(Nc4ccc(N5CCN(C(=O)OC(C)(C)C)CC5)cn4)nc3n(C3CCCC3)c21. The Bertz CT molecular complexity index is 3690. The van der Waals surface area contributed by atoms with E-state index in [9.17, 15) is 19.2 Å². The zero-order chi connectivity index (χ0) is 57.3. The number of nitrogen functional groups attached to an aromatic ring is 1. The third-order valence-electron chi connectivity index (χ3n) is 15.3. The fourth-order valence-corrected chi connectivity index (χ4v) is 11.4. The smallest absolute Gasteiger partial charge is 0.410 e. The molecule has 23 heteroatoms. The van der Waals surface area contributed by atoms with Crippen LogP contribution in [0.15, 0.2) is 82.9 Å². The van der Waals surface area contributed by atoms with Gasteiger partial charge in [0.05, 0.1) is 23.8 Å². The summed E-state index contributed by atoms with van der Waals surface area (Å²) in [5, 5.41) is 7.65. The van der Waals surface area contributed by atoms with E-state index in [2.05, 4.69) is 49.2 Å². The summed E-state index contributed by atoms with van der Waals surface area (Å²) >= 11 is 5.78. The van der Waals surface area contributed by atoms with Crippen LogP contribution in [0.2, 0.25) is 5.15 Å². The van der Waals surface area contributed by atoms with Crippen LogP contribution in [0.4, 0.5) is 38.7 Å².